The number of amides is 2. The Morgan fingerprint density at radius 2 is 2.04 bits per heavy atom. The summed E-state index contributed by atoms with van der Waals surface area (Å²) < 4.78 is 5.16. The summed E-state index contributed by atoms with van der Waals surface area (Å²) in [5, 5.41) is 13.4. The number of hydrogen-bond acceptors (Lipinski definition) is 6. The van der Waals surface area contributed by atoms with Gasteiger partial charge in [0.05, 0.1) is 12.8 Å². The summed E-state index contributed by atoms with van der Waals surface area (Å²) in [6.07, 6.45) is 1.76. The number of nitrogens with two attached hydrogens (primary N) is 1. The number of anilines is 3. The Bertz CT molecular complexity index is 789. The lowest BCUT2D eigenvalue weighted by Gasteiger charge is -2.12. The molecule has 8 nitrogen and oxygen atoms in total. The van der Waals surface area contributed by atoms with Gasteiger partial charge in [0.2, 0.25) is 5.91 Å². The van der Waals surface area contributed by atoms with E-state index >= 15 is 0 Å². The zero-order valence-electron chi connectivity index (χ0n) is 13.1. The fourth-order valence-corrected chi connectivity index (χ4v) is 2.16. The Morgan fingerprint density at radius 3 is 2.71 bits per heavy atom. The van der Waals surface area contributed by atoms with Crippen molar-refractivity contribution in [1.29, 1.82) is 0 Å². The van der Waals surface area contributed by atoms with Crippen molar-refractivity contribution < 1.29 is 14.3 Å². The first kappa shape index (κ1) is 15.7. The third kappa shape index (κ3) is 3.60. The minimum Gasteiger partial charge on any atom is -0.497 e. The molecule has 1 aliphatic carbocycles. The van der Waals surface area contributed by atoms with Crippen LogP contribution >= 0.6 is 0 Å². The smallest absolute Gasteiger partial charge is 0.271 e. The van der Waals surface area contributed by atoms with Crippen LogP contribution < -0.4 is 21.1 Å². The summed E-state index contributed by atoms with van der Waals surface area (Å²) in [4.78, 5) is 23.4. The highest BCUT2D eigenvalue weighted by molar-refractivity contribution is 5.98. The summed E-state index contributed by atoms with van der Waals surface area (Å²) >= 11 is 0. The molecule has 1 saturated carbocycles. The van der Waals surface area contributed by atoms with Gasteiger partial charge in [-0.2, -0.15) is 0 Å². The van der Waals surface area contributed by atoms with Gasteiger partial charge in [-0.15, -0.1) is 10.2 Å². The van der Waals surface area contributed by atoms with Gasteiger partial charge in [-0.05, 0) is 25.0 Å². The molecule has 0 radical (unpaired) electrons. The highest BCUT2D eigenvalue weighted by Gasteiger charge is 2.30. The number of hydrogen-bond donors (Lipinski definition) is 3. The third-order valence-corrected chi connectivity index (χ3v) is 3.58. The molecule has 1 aliphatic rings. The largest absolute Gasteiger partial charge is 0.497 e. The number of methoxy groups -OCH3 is 1. The molecule has 1 fully saturated rings. The first-order chi connectivity index (χ1) is 11.6. The standard InChI is InChI=1S/C16H17N5O3/c1-24-11-4-2-3-10(7-11)18-12-8-13(19-16(23)9-5-6-9)20-21-14(12)15(17)22/h2-4,7-9H,5-6H2,1H3,(H2,17,22)(H2,18,19,20,23). The topological polar surface area (TPSA) is 119 Å². The highest BCUT2D eigenvalue weighted by atomic mass is 16.5. The van der Waals surface area contributed by atoms with E-state index in [4.69, 9.17) is 10.5 Å². The van der Waals surface area contributed by atoms with Crippen molar-refractivity contribution in [3.63, 3.8) is 0 Å². The Hall–Kier alpha value is -3.16. The molecular formula is C16H17N5O3. The lowest BCUT2D eigenvalue weighted by molar-refractivity contribution is -0.117. The van der Waals surface area contributed by atoms with E-state index in [1.165, 1.54) is 6.07 Å². The van der Waals surface area contributed by atoms with Gasteiger partial charge in [0.1, 0.15) is 5.75 Å². The molecule has 0 bridgehead atoms. The Labute approximate surface area is 138 Å². The van der Waals surface area contributed by atoms with Crippen molar-refractivity contribution in [3.8, 4) is 5.75 Å². The van der Waals surface area contributed by atoms with Crippen LogP contribution in [-0.2, 0) is 4.79 Å². The van der Waals surface area contributed by atoms with Gasteiger partial charge in [0.15, 0.2) is 11.5 Å². The van der Waals surface area contributed by atoms with Crippen molar-refractivity contribution >= 4 is 29.0 Å². The number of aromatic nitrogens is 2. The molecule has 1 aromatic heterocycles. The van der Waals surface area contributed by atoms with Crippen LogP contribution in [0.4, 0.5) is 17.2 Å². The van der Waals surface area contributed by atoms with Crippen LogP contribution in [0.5, 0.6) is 5.75 Å². The molecule has 3 rings (SSSR count). The minimum absolute atomic E-state index is 0.0118. The van der Waals surface area contributed by atoms with E-state index in [0.29, 0.717) is 17.1 Å². The summed E-state index contributed by atoms with van der Waals surface area (Å²) in [6, 6.07) is 8.69. The zero-order chi connectivity index (χ0) is 17.1. The predicted octanol–water partition coefficient (Wildman–Crippen LogP) is 1.68. The fourth-order valence-electron chi connectivity index (χ4n) is 2.16. The third-order valence-electron chi connectivity index (χ3n) is 3.58. The van der Waals surface area contributed by atoms with Crippen molar-refractivity contribution in [1.82, 2.24) is 10.2 Å². The number of primary amides is 1. The number of nitrogens with zero attached hydrogens (tertiary/aromatic N) is 2. The maximum absolute atomic E-state index is 11.8. The molecule has 8 heteroatoms. The number of rotatable bonds is 6. The maximum atomic E-state index is 11.8. The number of carbonyl (C=O) groups excluding carboxylic acids is 2. The molecule has 0 unspecified atom stereocenters. The molecule has 1 heterocycles. The Morgan fingerprint density at radius 1 is 1.25 bits per heavy atom. The molecule has 2 amide bonds. The normalized spacial score (nSPS) is 13.2. The van der Waals surface area contributed by atoms with Gasteiger partial charge in [-0.1, -0.05) is 6.07 Å². The van der Waals surface area contributed by atoms with Crippen LogP contribution in [0, 0.1) is 5.92 Å². The number of benzene rings is 1. The van der Waals surface area contributed by atoms with Crippen molar-refractivity contribution in [3.05, 3.63) is 36.0 Å². The van der Waals surface area contributed by atoms with Crippen LogP contribution in [0.25, 0.3) is 0 Å². The fraction of sp³-hybridized carbons (Fsp3) is 0.250. The van der Waals surface area contributed by atoms with Crippen molar-refractivity contribution in [2.45, 2.75) is 12.8 Å². The van der Waals surface area contributed by atoms with E-state index in [9.17, 15) is 9.59 Å². The molecule has 124 valence electrons. The van der Waals surface area contributed by atoms with Crippen LogP contribution in [0.15, 0.2) is 30.3 Å². The van der Waals surface area contributed by atoms with Gasteiger partial charge in [0, 0.05) is 23.7 Å². The first-order valence-corrected chi connectivity index (χ1v) is 7.46. The molecule has 2 aromatic rings. The van der Waals surface area contributed by atoms with E-state index in [2.05, 4.69) is 20.8 Å². The van der Waals surface area contributed by atoms with Crippen molar-refractivity contribution in [2.24, 2.45) is 11.7 Å². The summed E-state index contributed by atoms with van der Waals surface area (Å²) in [7, 11) is 1.56. The summed E-state index contributed by atoms with van der Waals surface area (Å²) in [6.45, 7) is 0. The quantitative estimate of drug-likeness (QED) is 0.742. The molecule has 0 atom stereocenters. The van der Waals surface area contributed by atoms with Gasteiger partial charge < -0.3 is 21.1 Å². The molecule has 1 aromatic carbocycles. The Balaban J connectivity index is 1.87. The Kier molecular flexibility index (Phi) is 4.28. The van der Waals surface area contributed by atoms with Crippen molar-refractivity contribution in [2.75, 3.05) is 17.7 Å². The maximum Gasteiger partial charge on any atom is 0.271 e. The zero-order valence-corrected chi connectivity index (χ0v) is 13.1. The second kappa shape index (κ2) is 6.53. The SMILES string of the molecule is COc1cccc(Nc2cc(NC(=O)C3CC3)nnc2C(N)=O)c1. The molecule has 0 aliphatic heterocycles. The van der Waals surface area contributed by atoms with Gasteiger partial charge in [0.25, 0.3) is 5.91 Å². The van der Waals surface area contributed by atoms with E-state index in [0.717, 1.165) is 12.8 Å². The number of ether oxygens (including phenoxy) is 1. The minimum atomic E-state index is -0.715. The lowest BCUT2D eigenvalue weighted by atomic mass is 10.2. The molecule has 0 saturated heterocycles. The second-order valence-corrected chi connectivity index (χ2v) is 5.48. The van der Waals surface area contributed by atoms with Crippen LogP contribution in [0.3, 0.4) is 0 Å². The van der Waals surface area contributed by atoms with Gasteiger partial charge >= 0.3 is 0 Å². The van der Waals surface area contributed by atoms with Gasteiger partial charge in [-0.25, -0.2) is 0 Å². The highest BCUT2D eigenvalue weighted by Crippen LogP contribution is 2.30. The van der Waals surface area contributed by atoms with Gasteiger partial charge in [-0.3, -0.25) is 9.59 Å². The average Bonchev–Trinajstić information content (AvgIpc) is 3.40. The van der Waals surface area contributed by atoms with Crippen LogP contribution in [0.1, 0.15) is 23.3 Å². The lowest BCUT2D eigenvalue weighted by Crippen LogP contribution is -2.19. The number of carbonyl (C=O) groups is 2. The molecule has 0 spiro atoms. The van der Waals surface area contributed by atoms with E-state index in [-0.39, 0.29) is 23.3 Å². The number of nitrogens with one attached hydrogen (secondary N) is 2. The molecule has 4 N–H and O–H groups in total. The monoisotopic (exact) mass is 327 g/mol. The second-order valence-electron chi connectivity index (χ2n) is 5.48. The van der Waals surface area contributed by atoms with Crippen LogP contribution in [0.2, 0.25) is 0 Å². The summed E-state index contributed by atoms with van der Waals surface area (Å²) in [5.74, 6) is 0.154. The summed E-state index contributed by atoms with van der Waals surface area (Å²) in [5.41, 5.74) is 6.37. The molecule has 24 heavy (non-hydrogen) atoms. The van der Waals surface area contributed by atoms with E-state index < -0.39 is 5.91 Å². The van der Waals surface area contributed by atoms with Crippen LogP contribution in [-0.4, -0.2) is 29.1 Å². The average molecular weight is 327 g/mol. The molecular weight excluding hydrogens is 310 g/mol. The first-order valence-electron chi connectivity index (χ1n) is 7.46. The van der Waals surface area contributed by atoms with E-state index in [1.54, 1.807) is 31.4 Å². The predicted molar refractivity (Wildman–Crippen MR) is 88.2 cm³/mol. The van der Waals surface area contributed by atoms with E-state index in [1.807, 2.05) is 0 Å².